The zero-order valence-electron chi connectivity index (χ0n) is 25.0. The van der Waals surface area contributed by atoms with E-state index in [-0.39, 0.29) is 0 Å². The van der Waals surface area contributed by atoms with Crippen molar-refractivity contribution in [3.63, 3.8) is 0 Å². The lowest BCUT2D eigenvalue weighted by molar-refractivity contribution is 0.983. The van der Waals surface area contributed by atoms with Crippen LogP contribution in [0.3, 0.4) is 0 Å². The lowest BCUT2D eigenvalue weighted by Gasteiger charge is -1.53. The Morgan fingerprint density at radius 2 is 0.308 bits per heavy atom. The summed E-state index contributed by atoms with van der Waals surface area (Å²) in [6.07, 6.45) is 2.97. The van der Waals surface area contributed by atoms with Crippen molar-refractivity contribution in [1.29, 1.82) is 0 Å². The highest BCUT2D eigenvalue weighted by atomic mass is 14.2. The minimum Gasteiger partial charge on any atom is -0.0683 e. The van der Waals surface area contributed by atoms with Crippen LogP contribution in [0.4, 0.5) is 0 Å². The van der Waals surface area contributed by atoms with Crippen LogP contribution in [0.5, 0.6) is 0 Å². The molecule has 1 saturated carbocycles. The largest absolute Gasteiger partial charge is 0.0683 e. The molecule has 1 aliphatic carbocycles. The zero-order valence-corrected chi connectivity index (χ0v) is 25.0. The summed E-state index contributed by atoms with van der Waals surface area (Å²) in [7, 11) is 0. The zero-order chi connectivity index (χ0) is 25.0. The molecule has 26 heavy (non-hydrogen) atoms. The van der Waals surface area contributed by atoms with Crippen molar-refractivity contribution >= 4 is 0 Å². The van der Waals surface area contributed by atoms with Crippen molar-refractivity contribution in [3.05, 3.63) is 0 Å². The summed E-state index contributed by atoms with van der Waals surface area (Å²) in [6.45, 7) is 46.3. The van der Waals surface area contributed by atoms with Crippen molar-refractivity contribution in [2.24, 2.45) is 5.92 Å². The fraction of sp³-hybridized carbons (Fsp3) is 1.00. The molecule has 0 nitrogen and oxygen atoms in total. The van der Waals surface area contributed by atoms with Crippen LogP contribution in [0.25, 0.3) is 0 Å². The minimum absolute atomic E-state index is 1.08. The molecule has 1 fully saturated rings. The van der Waals surface area contributed by atoms with E-state index in [0.29, 0.717) is 0 Å². The van der Waals surface area contributed by atoms with Gasteiger partial charge in [-0.3, -0.25) is 0 Å². The summed E-state index contributed by atoms with van der Waals surface area (Å²) in [5.41, 5.74) is 0. The molecule has 0 aromatic rings. The highest BCUT2D eigenvalue weighted by Gasteiger charge is 2.12. The van der Waals surface area contributed by atoms with Gasteiger partial charge >= 0.3 is 0 Å². The summed E-state index contributed by atoms with van der Waals surface area (Å²) in [5, 5.41) is 0. The molecule has 0 unspecified atom stereocenters. The summed E-state index contributed by atoms with van der Waals surface area (Å²) >= 11 is 0. The molecule has 0 aliphatic heterocycles. The second-order valence-electron chi connectivity index (χ2n) is 1.68. The summed E-state index contributed by atoms with van der Waals surface area (Å²) in [4.78, 5) is 0. The highest BCUT2D eigenvalue weighted by Crippen LogP contribution is 2.26. The van der Waals surface area contributed by atoms with Crippen LogP contribution in [0.1, 0.15) is 172 Å². The Balaban J connectivity index is -0.0000000107. The van der Waals surface area contributed by atoms with Gasteiger partial charge in [0.2, 0.25) is 0 Å². The van der Waals surface area contributed by atoms with Crippen LogP contribution in [-0.2, 0) is 0 Å². The lowest BCUT2D eigenvalue weighted by atomic mass is 10.5. The quantitative estimate of drug-likeness (QED) is 0.388. The molecule has 0 bridgehead atoms. The van der Waals surface area contributed by atoms with Gasteiger partial charge in [-0.05, 0) is 5.92 Å². The third-order valence-electron chi connectivity index (χ3n) is 0.866. The molecule has 0 heterocycles. The second kappa shape index (κ2) is 576. The molecule has 0 radical (unpaired) electrons. The third-order valence-corrected chi connectivity index (χ3v) is 0.866. The van der Waals surface area contributed by atoms with E-state index in [0.717, 1.165) is 5.92 Å². The molecule has 1 aliphatic rings. The molecule has 0 amide bonds. The van der Waals surface area contributed by atoms with Crippen LogP contribution in [0.15, 0.2) is 0 Å². The van der Waals surface area contributed by atoms with Crippen LogP contribution in [0.2, 0.25) is 0 Å². The fourth-order valence-corrected chi connectivity index (χ4v) is 0.167. The number of hydrogen-bond acceptors (Lipinski definition) is 0. The van der Waals surface area contributed by atoms with E-state index in [2.05, 4.69) is 6.92 Å². The SMILES string of the molecule is CC.CC.CC.CC.CC.CC.CC.CC.CC.CC.CC.CC1CC1. The van der Waals surface area contributed by atoms with Gasteiger partial charge in [0.1, 0.15) is 0 Å². The predicted octanol–water partition coefficient (Wildman–Crippen LogP) is 12.7. The van der Waals surface area contributed by atoms with E-state index >= 15 is 0 Å². The molecule has 1 rings (SSSR count). The van der Waals surface area contributed by atoms with Crippen molar-refractivity contribution in [1.82, 2.24) is 0 Å². The average Bonchev–Trinajstić information content (AvgIpc) is 3.65. The Labute approximate surface area is 178 Å². The first-order valence-corrected chi connectivity index (χ1v) is 12.9. The van der Waals surface area contributed by atoms with E-state index < -0.39 is 0 Å². The van der Waals surface area contributed by atoms with Crippen molar-refractivity contribution < 1.29 is 0 Å². The highest BCUT2D eigenvalue weighted by molar-refractivity contribution is 4.65. The molecule has 0 saturated heterocycles. The van der Waals surface area contributed by atoms with Gasteiger partial charge in [-0.2, -0.15) is 0 Å². The van der Waals surface area contributed by atoms with E-state index in [1.165, 1.54) is 12.8 Å². The van der Waals surface area contributed by atoms with Crippen LogP contribution in [0, 0.1) is 5.92 Å². The maximum Gasteiger partial charge on any atom is -0.0443 e. The van der Waals surface area contributed by atoms with E-state index in [1.807, 2.05) is 152 Å². The smallest absolute Gasteiger partial charge is 0.0443 e. The molecule has 0 N–H and O–H groups in total. The summed E-state index contributed by atoms with van der Waals surface area (Å²) < 4.78 is 0. The molecule has 0 aromatic carbocycles. The maximum atomic E-state index is 2.28. The van der Waals surface area contributed by atoms with Crippen molar-refractivity contribution in [2.75, 3.05) is 0 Å². The summed E-state index contributed by atoms with van der Waals surface area (Å²) in [5.74, 6) is 1.08. The molecular formula is C26H74. The Hall–Kier alpha value is 0. The van der Waals surface area contributed by atoms with Gasteiger partial charge in [0, 0.05) is 0 Å². The van der Waals surface area contributed by atoms with Crippen LogP contribution >= 0.6 is 0 Å². The first kappa shape index (κ1) is 72.2. The van der Waals surface area contributed by atoms with Crippen LogP contribution < -0.4 is 0 Å². The van der Waals surface area contributed by atoms with E-state index in [1.54, 1.807) is 0 Å². The standard InChI is InChI=1S/C4H8.11C2H6/c1-4-2-3-4;11*1-2/h4H,2-3H2,1H3;11*1-2H3. The monoisotopic (exact) mass is 387 g/mol. The first-order chi connectivity index (χ1) is 12.9. The number of rotatable bonds is 0. The maximum absolute atomic E-state index is 2.28. The normalized spacial score (nSPS) is 6.58. The number of hydrogen-bond donors (Lipinski definition) is 0. The Kier molecular flexibility index (Phi) is 1600. The second-order valence-corrected chi connectivity index (χ2v) is 1.68. The minimum atomic E-state index is 1.08. The third kappa shape index (κ3) is 1410. The van der Waals surface area contributed by atoms with Crippen LogP contribution in [-0.4, -0.2) is 0 Å². The van der Waals surface area contributed by atoms with Crippen molar-refractivity contribution in [2.45, 2.75) is 172 Å². The molecular weight excluding hydrogens is 312 g/mol. The van der Waals surface area contributed by atoms with Crippen molar-refractivity contribution in [3.8, 4) is 0 Å². The summed E-state index contributed by atoms with van der Waals surface area (Å²) in [6, 6.07) is 0. The van der Waals surface area contributed by atoms with E-state index in [9.17, 15) is 0 Å². The Morgan fingerprint density at radius 1 is 0.269 bits per heavy atom. The predicted molar refractivity (Wildman–Crippen MR) is 143 cm³/mol. The average molecular weight is 387 g/mol. The Bertz CT molecular complexity index is 19.2. The molecule has 178 valence electrons. The fourth-order valence-electron chi connectivity index (χ4n) is 0.167. The van der Waals surface area contributed by atoms with Gasteiger partial charge in [0.25, 0.3) is 0 Å². The topological polar surface area (TPSA) is 0 Å². The van der Waals surface area contributed by atoms with Gasteiger partial charge in [-0.1, -0.05) is 172 Å². The molecule has 0 heteroatoms. The Morgan fingerprint density at radius 3 is 0.308 bits per heavy atom. The first-order valence-electron chi connectivity index (χ1n) is 12.9. The van der Waals surface area contributed by atoms with Gasteiger partial charge in [-0.15, -0.1) is 0 Å². The van der Waals surface area contributed by atoms with Gasteiger partial charge in [-0.25, -0.2) is 0 Å². The molecule has 0 spiro atoms. The van der Waals surface area contributed by atoms with Gasteiger partial charge in [0.15, 0.2) is 0 Å². The van der Waals surface area contributed by atoms with Gasteiger partial charge < -0.3 is 0 Å². The molecule has 0 aromatic heterocycles. The van der Waals surface area contributed by atoms with E-state index in [4.69, 9.17) is 0 Å². The lowest BCUT2D eigenvalue weighted by Crippen LogP contribution is -1.42. The molecule has 0 atom stereocenters. The van der Waals surface area contributed by atoms with Gasteiger partial charge in [0.05, 0.1) is 0 Å².